The topological polar surface area (TPSA) is 71.5 Å². The van der Waals surface area contributed by atoms with Crippen LogP contribution in [0.4, 0.5) is 5.00 Å². The SMILES string of the molecule is CC1OCCC1Nc1scnc1C(=O)O. The second kappa shape index (κ2) is 4.16. The lowest BCUT2D eigenvalue weighted by Crippen LogP contribution is -2.27. The zero-order valence-electron chi connectivity index (χ0n) is 8.27. The molecule has 1 aliphatic rings. The predicted octanol–water partition coefficient (Wildman–Crippen LogP) is 1.43. The van der Waals surface area contributed by atoms with Gasteiger partial charge in [-0.2, -0.15) is 0 Å². The summed E-state index contributed by atoms with van der Waals surface area (Å²) in [6.07, 6.45) is 1.02. The standard InChI is InChI=1S/C9H12N2O3S/c1-5-6(2-3-14-5)11-8-7(9(12)13)10-4-15-8/h4-6,11H,2-3H2,1H3,(H,12,13). The molecule has 1 aromatic heterocycles. The van der Waals surface area contributed by atoms with E-state index in [1.807, 2.05) is 6.92 Å². The van der Waals surface area contributed by atoms with Crippen molar-refractivity contribution in [2.75, 3.05) is 11.9 Å². The third-order valence-electron chi connectivity index (χ3n) is 2.46. The Labute approximate surface area is 91.1 Å². The molecule has 0 radical (unpaired) electrons. The van der Waals surface area contributed by atoms with E-state index in [0.29, 0.717) is 5.00 Å². The predicted molar refractivity (Wildman–Crippen MR) is 56.5 cm³/mol. The van der Waals surface area contributed by atoms with Gasteiger partial charge in [0.25, 0.3) is 0 Å². The van der Waals surface area contributed by atoms with Gasteiger partial charge in [0.05, 0.1) is 17.7 Å². The fourth-order valence-corrected chi connectivity index (χ4v) is 2.33. The first-order valence-electron chi connectivity index (χ1n) is 4.73. The van der Waals surface area contributed by atoms with Crippen LogP contribution in [0.1, 0.15) is 23.8 Å². The van der Waals surface area contributed by atoms with Gasteiger partial charge < -0.3 is 15.2 Å². The first-order valence-corrected chi connectivity index (χ1v) is 5.61. The maximum absolute atomic E-state index is 10.8. The van der Waals surface area contributed by atoms with E-state index >= 15 is 0 Å². The lowest BCUT2D eigenvalue weighted by Gasteiger charge is -2.15. The summed E-state index contributed by atoms with van der Waals surface area (Å²) in [5.74, 6) is -0.995. The zero-order valence-corrected chi connectivity index (χ0v) is 9.08. The van der Waals surface area contributed by atoms with Crippen molar-refractivity contribution in [2.24, 2.45) is 0 Å². The number of nitrogens with zero attached hydrogens (tertiary/aromatic N) is 1. The highest BCUT2D eigenvalue weighted by molar-refractivity contribution is 7.14. The van der Waals surface area contributed by atoms with E-state index in [-0.39, 0.29) is 17.8 Å². The molecule has 15 heavy (non-hydrogen) atoms. The Morgan fingerprint density at radius 2 is 2.60 bits per heavy atom. The number of ether oxygens (including phenoxy) is 1. The van der Waals surface area contributed by atoms with Crippen molar-refractivity contribution < 1.29 is 14.6 Å². The van der Waals surface area contributed by atoms with E-state index < -0.39 is 5.97 Å². The maximum atomic E-state index is 10.8. The van der Waals surface area contributed by atoms with E-state index in [0.717, 1.165) is 13.0 Å². The van der Waals surface area contributed by atoms with Crippen LogP contribution in [-0.2, 0) is 4.74 Å². The van der Waals surface area contributed by atoms with Gasteiger partial charge in [-0.25, -0.2) is 9.78 Å². The molecule has 0 bridgehead atoms. The molecule has 1 saturated heterocycles. The van der Waals surface area contributed by atoms with Gasteiger partial charge in [-0.05, 0) is 13.3 Å². The molecule has 0 aromatic carbocycles. The summed E-state index contributed by atoms with van der Waals surface area (Å²) in [7, 11) is 0. The van der Waals surface area contributed by atoms with Crippen molar-refractivity contribution >= 4 is 22.3 Å². The molecule has 2 heterocycles. The Kier molecular flexibility index (Phi) is 2.88. The minimum atomic E-state index is -0.995. The minimum absolute atomic E-state index is 0.0964. The summed E-state index contributed by atoms with van der Waals surface area (Å²) in [6.45, 7) is 2.70. The number of thiazole rings is 1. The number of carboxylic acids is 1. The molecule has 2 atom stereocenters. The highest BCUT2D eigenvalue weighted by Crippen LogP contribution is 2.25. The Morgan fingerprint density at radius 1 is 1.80 bits per heavy atom. The van der Waals surface area contributed by atoms with Gasteiger partial charge in [0.1, 0.15) is 5.00 Å². The maximum Gasteiger partial charge on any atom is 0.357 e. The second-order valence-electron chi connectivity index (χ2n) is 3.45. The van der Waals surface area contributed by atoms with Gasteiger partial charge in [-0.3, -0.25) is 0 Å². The smallest absolute Gasteiger partial charge is 0.357 e. The van der Waals surface area contributed by atoms with Crippen LogP contribution in [0.15, 0.2) is 5.51 Å². The van der Waals surface area contributed by atoms with Crippen LogP contribution >= 0.6 is 11.3 Å². The van der Waals surface area contributed by atoms with Crippen LogP contribution in [0.25, 0.3) is 0 Å². The van der Waals surface area contributed by atoms with Gasteiger partial charge >= 0.3 is 5.97 Å². The molecule has 2 unspecified atom stereocenters. The molecule has 5 nitrogen and oxygen atoms in total. The fourth-order valence-electron chi connectivity index (χ4n) is 1.59. The van der Waals surface area contributed by atoms with Crippen LogP contribution in [0.3, 0.4) is 0 Å². The molecule has 0 amide bonds. The second-order valence-corrected chi connectivity index (χ2v) is 4.31. The average molecular weight is 228 g/mol. The summed E-state index contributed by atoms with van der Waals surface area (Å²) in [4.78, 5) is 14.6. The van der Waals surface area contributed by atoms with E-state index in [1.165, 1.54) is 16.8 Å². The van der Waals surface area contributed by atoms with E-state index in [1.54, 1.807) is 0 Å². The minimum Gasteiger partial charge on any atom is -0.476 e. The van der Waals surface area contributed by atoms with Crippen LogP contribution in [0.2, 0.25) is 0 Å². The third kappa shape index (κ3) is 2.10. The van der Waals surface area contributed by atoms with Crippen molar-refractivity contribution in [3.05, 3.63) is 11.2 Å². The Balaban J connectivity index is 2.10. The monoisotopic (exact) mass is 228 g/mol. The van der Waals surface area contributed by atoms with Crippen molar-refractivity contribution in [3.8, 4) is 0 Å². The Hall–Kier alpha value is -1.14. The van der Waals surface area contributed by atoms with Crippen molar-refractivity contribution in [1.29, 1.82) is 0 Å². The molecule has 0 aliphatic carbocycles. The summed E-state index contributed by atoms with van der Waals surface area (Å²) < 4.78 is 5.39. The number of rotatable bonds is 3. The molecular formula is C9H12N2O3S. The fraction of sp³-hybridized carbons (Fsp3) is 0.556. The van der Waals surface area contributed by atoms with Gasteiger partial charge in [0.15, 0.2) is 5.69 Å². The average Bonchev–Trinajstić information content (AvgIpc) is 2.77. The number of aromatic nitrogens is 1. The number of carboxylic acid groups (broad SMARTS) is 1. The lowest BCUT2D eigenvalue weighted by molar-refractivity contribution is 0.0692. The zero-order chi connectivity index (χ0) is 10.8. The largest absolute Gasteiger partial charge is 0.476 e. The molecule has 2 rings (SSSR count). The number of hydrogen-bond acceptors (Lipinski definition) is 5. The normalized spacial score (nSPS) is 25.4. The molecule has 2 N–H and O–H groups in total. The molecule has 1 aliphatic heterocycles. The summed E-state index contributed by atoms with van der Waals surface area (Å²) >= 11 is 1.31. The number of anilines is 1. The first kappa shape index (κ1) is 10.4. The molecule has 0 spiro atoms. The summed E-state index contributed by atoms with van der Waals surface area (Å²) in [6, 6.07) is 0.184. The van der Waals surface area contributed by atoms with E-state index in [2.05, 4.69) is 10.3 Å². The molecule has 6 heteroatoms. The highest BCUT2D eigenvalue weighted by Gasteiger charge is 2.26. The highest BCUT2D eigenvalue weighted by atomic mass is 32.1. The third-order valence-corrected chi connectivity index (χ3v) is 3.22. The number of nitrogens with one attached hydrogen (secondary N) is 1. The van der Waals surface area contributed by atoms with Crippen LogP contribution in [0, 0.1) is 0 Å². The van der Waals surface area contributed by atoms with Crippen LogP contribution < -0.4 is 5.32 Å². The van der Waals surface area contributed by atoms with Gasteiger partial charge in [-0.15, -0.1) is 11.3 Å². The lowest BCUT2D eigenvalue weighted by atomic mass is 10.1. The van der Waals surface area contributed by atoms with Crippen molar-refractivity contribution in [3.63, 3.8) is 0 Å². The number of aromatic carboxylic acids is 1. The van der Waals surface area contributed by atoms with E-state index in [9.17, 15) is 4.79 Å². The molecule has 1 fully saturated rings. The van der Waals surface area contributed by atoms with Crippen LogP contribution in [-0.4, -0.2) is 34.8 Å². The molecule has 1 aromatic rings. The summed E-state index contributed by atoms with van der Waals surface area (Å²) in [5, 5.41) is 12.7. The van der Waals surface area contributed by atoms with Crippen molar-refractivity contribution in [1.82, 2.24) is 4.98 Å². The first-order chi connectivity index (χ1) is 7.18. The summed E-state index contributed by atoms with van der Waals surface area (Å²) in [5.41, 5.74) is 1.63. The molecular weight excluding hydrogens is 216 g/mol. The molecule has 82 valence electrons. The quantitative estimate of drug-likeness (QED) is 0.818. The van der Waals surface area contributed by atoms with Gasteiger partial charge in [0, 0.05) is 6.61 Å². The Bertz CT molecular complexity index is 366. The van der Waals surface area contributed by atoms with Gasteiger partial charge in [-0.1, -0.05) is 0 Å². The number of carbonyl (C=O) groups is 1. The number of hydrogen-bond donors (Lipinski definition) is 2. The van der Waals surface area contributed by atoms with Crippen molar-refractivity contribution in [2.45, 2.75) is 25.5 Å². The van der Waals surface area contributed by atoms with E-state index in [4.69, 9.17) is 9.84 Å². The van der Waals surface area contributed by atoms with Gasteiger partial charge in [0.2, 0.25) is 0 Å². The Morgan fingerprint density at radius 3 is 3.20 bits per heavy atom. The molecule has 0 saturated carbocycles. The van der Waals surface area contributed by atoms with Crippen LogP contribution in [0.5, 0.6) is 0 Å².